The average Bonchev–Trinajstić information content (AvgIpc) is 3.29. The van der Waals surface area contributed by atoms with Gasteiger partial charge in [0.2, 0.25) is 0 Å². The highest BCUT2D eigenvalue weighted by Gasteiger charge is 2.38. The van der Waals surface area contributed by atoms with Crippen molar-refractivity contribution in [3.05, 3.63) is 57.8 Å². The number of piperidine rings is 1. The molecule has 0 bridgehead atoms. The van der Waals surface area contributed by atoms with E-state index < -0.39 is 9.84 Å². The smallest absolute Gasteiger partial charge is 0.314 e. The third kappa shape index (κ3) is 5.40. The van der Waals surface area contributed by atoms with Crippen LogP contribution in [0.3, 0.4) is 0 Å². The molecular weight excluding hydrogens is 478 g/mol. The van der Waals surface area contributed by atoms with Gasteiger partial charge in [0.05, 0.1) is 36.7 Å². The number of hydrogen-bond acceptors (Lipinski definition) is 5. The lowest BCUT2D eigenvalue weighted by Gasteiger charge is -2.39. The highest BCUT2D eigenvalue weighted by molar-refractivity contribution is 7.91. The van der Waals surface area contributed by atoms with Crippen LogP contribution in [0.15, 0.2) is 57.9 Å². The van der Waals surface area contributed by atoms with E-state index in [1.165, 1.54) is 0 Å². The topological polar surface area (TPSA) is 68.5 Å². The normalized spacial score (nSPS) is 16.8. The molecule has 3 aromatic rings. The van der Waals surface area contributed by atoms with Crippen molar-refractivity contribution in [3.63, 3.8) is 0 Å². The van der Waals surface area contributed by atoms with Crippen molar-refractivity contribution in [1.82, 2.24) is 4.57 Å². The molecule has 0 saturated carbocycles. The van der Waals surface area contributed by atoms with Gasteiger partial charge in [-0.15, -0.1) is 11.3 Å². The molecule has 6 nitrogen and oxygen atoms in total. The SMILES string of the molecule is C/N=c1\sccn1CC[N+]1(C(=O)CCS(=O)(=O)c2ccc3cc(Cl)ccc3c2)CCCCC1. The number of halogens is 1. The van der Waals surface area contributed by atoms with Crippen LogP contribution in [0.2, 0.25) is 5.02 Å². The van der Waals surface area contributed by atoms with Crippen LogP contribution in [-0.2, 0) is 21.2 Å². The predicted octanol–water partition coefficient (Wildman–Crippen LogP) is 4.28. The van der Waals surface area contributed by atoms with E-state index >= 15 is 0 Å². The van der Waals surface area contributed by atoms with Crippen molar-refractivity contribution < 1.29 is 17.7 Å². The van der Waals surface area contributed by atoms with E-state index in [4.69, 9.17) is 11.6 Å². The van der Waals surface area contributed by atoms with Crippen molar-refractivity contribution in [2.24, 2.45) is 4.99 Å². The van der Waals surface area contributed by atoms with E-state index in [2.05, 4.69) is 9.56 Å². The first-order chi connectivity index (χ1) is 15.8. The molecule has 1 aromatic heterocycles. The molecule has 1 aliphatic heterocycles. The van der Waals surface area contributed by atoms with Crippen molar-refractivity contribution in [2.45, 2.75) is 37.1 Å². The minimum absolute atomic E-state index is 0.0247. The van der Waals surface area contributed by atoms with Crippen LogP contribution < -0.4 is 4.80 Å². The van der Waals surface area contributed by atoms with E-state index in [1.807, 2.05) is 23.7 Å². The minimum atomic E-state index is -3.57. The second kappa shape index (κ2) is 10.1. The molecule has 9 heteroatoms. The Morgan fingerprint density at radius 1 is 1.12 bits per heavy atom. The van der Waals surface area contributed by atoms with Crippen LogP contribution in [0.5, 0.6) is 0 Å². The fourth-order valence-electron chi connectivity index (χ4n) is 4.63. The zero-order valence-electron chi connectivity index (χ0n) is 18.7. The van der Waals surface area contributed by atoms with Gasteiger partial charge in [-0.05, 0) is 54.3 Å². The van der Waals surface area contributed by atoms with Gasteiger partial charge in [0, 0.05) is 23.6 Å². The van der Waals surface area contributed by atoms with Gasteiger partial charge in [0.15, 0.2) is 14.6 Å². The molecule has 2 aromatic carbocycles. The first-order valence-corrected chi connectivity index (χ1v) is 14.1. The number of thiazole rings is 1. The van der Waals surface area contributed by atoms with Crippen LogP contribution in [-0.4, -0.2) is 55.8 Å². The second-order valence-electron chi connectivity index (χ2n) is 8.60. The molecule has 176 valence electrons. The van der Waals surface area contributed by atoms with Crippen LogP contribution in [0.1, 0.15) is 25.7 Å². The second-order valence-corrected chi connectivity index (χ2v) is 12.0. The molecule has 4 rings (SSSR count). The number of likely N-dealkylation sites (tertiary alicyclic amines) is 1. The molecule has 0 atom stereocenters. The fraction of sp³-hybridized carbons (Fsp3) is 0.417. The molecular formula is C24H29ClN3O3S2+. The summed E-state index contributed by atoms with van der Waals surface area (Å²) in [4.78, 5) is 18.9. The summed E-state index contributed by atoms with van der Waals surface area (Å²) in [5.74, 6) is -0.150. The summed E-state index contributed by atoms with van der Waals surface area (Å²) in [6.45, 7) is 2.92. The number of amides is 1. The third-order valence-corrected chi connectivity index (χ3v) is 9.37. The molecule has 0 aliphatic carbocycles. The van der Waals surface area contributed by atoms with Gasteiger partial charge in [-0.2, -0.15) is 0 Å². The Bertz CT molecular complexity index is 1320. The molecule has 0 radical (unpaired) electrons. The Morgan fingerprint density at radius 2 is 1.85 bits per heavy atom. The van der Waals surface area contributed by atoms with Crippen LogP contribution in [0.4, 0.5) is 0 Å². The number of rotatable bonds is 7. The summed E-state index contributed by atoms with van der Waals surface area (Å²) in [5, 5.41) is 4.31. The molecule has 1 saturated heterocycles. The van der Waals surface area contributed by atoms with Gasteiger partial charge in [0.25, 0.3) is 0 Å². The van der Waals surface area contributed by atoms with Gasteiger partial charge in [-0.3, -0.25) is 9.48 Å². The summed E-state index contributed by atoms with van der Waals surface area (Å²) in [5.41, 5.74) is 0. The van der Waals surface area contributed by atoms with Crippen LogP contribution in [0, 0.1) is 0 Å². The molecule has 1 amide bonds. The van der Waals surface area contributed by atoms with Crippen molar-refractivity contribution >= 4 is 49.5 Å². The lowest BCUT2D eigenvalue weighted by molar-refractivity contribution is -0.860. The summed E-state index contributed by atoms with van der Waals surface area (Å²) < 4.78 is 28.6. The fourth-order valence-corrected chi connectivity index (χ4v) is 6.79. The monoisotopic (exact) mass is 506 g/mol. The van der Waals surface area contributed by atoms with Crippen LogP contribution >= 0.6 is 22.9 Å². The van der Waals surface area contributed by atoms with Gasteiger partial charge in [-0.25, -0.2) is 13.2 Å². The Hall–Kier alpha value is -2.00. The standard InChI is InChI=1S/C24H29ClN3O3S2/c1-26-24-27(11-15-32-24)10-14-28(12-3-2-4-13-28)23(29)9-16-33(30,31)22-8-6-19-17-21(25)7-5-20(19)18-22/h5-8,11,15,17-18H,2-4,9-10,12-14,16H2,1H3/q+1/b26-24-. The quantitative estimate of drug-likeness (QED) is 0.449. The van der Waals surface area contributed by atoms with E-state index in [1.54, 1.807) is 42.6 Å². The van der Waals surface area contributed by atoms with Crippen molar-refractivity contribution in [2.75, 3.05) is 32.4 Å². The maximum atomic E-state index is 13.4. The van der Waals surface area contributed by atoms with E-state index in [-0.39, 0.29) is 23.0 Å². The third-order valence-electron chi connectivity index (χ3n) is 6.54. The first-order valence-electron chi connectivity index (χ1n) is 11.2. The summed E-state index contributed by atoms with van der Waals surface area (Å²) >= 11 is 7.61. The Labute approximate surface area is 203 Å². The summed E-state index contributed by atoms with van der Waals surface area (Å²) in [7, 11) is -1.80. The maximum absolute atomic E-state index is 13.4. The highest BCUT2D eigenvalue weighted by atomic mass is 35.5. The minimum Gasteiger partial charge on any atom is -0.318 e. The first kappa shape index (κ1) is 24.1. The van der Waals surface area contributed by atoms with Crippen molar-refractivity contribution in [1.29, 1.82) is 0 Å². The number of carbonyl (C=O) groups excluding carboxylic acids is 1. The van der Waals surface area contributed by atoms with E-state index in [0.29, 0.717) is 22.6 Å². The molecule has 33 heavy (non-hydrogen) atoms. The maximum Gasteiger partial charge on any atom is 0.314 e. The number of sulfone groups is 1. The lowest BCUT2D eigenvalue weighted by Crippen LogP contribution is -2.57. The summed E-state index contributed by atoms with van der Waals surface area (Å²) in [6, 6.07) is 10.4. The molecule has 1 fully saturated rings. The van der Waals surface area contributed by atoms with Crippen LogP contribution in [0.25, 0.3) is 10.8 Å². The Balaban J connectivity index is 1.49. The van der Waals surface area contributed by atoms with Gasteiger partial charge >= 0.3 is 5.91 Å². The zero-order valence-corrected chi connectivity index (χ0v) is 21.1. The number of hydrogen-bond donors (Lipinski definition) is 0. The largest absolute Gasteiger partial charge is 0.318 e. The number of carbonyl (C=O) groups is 1. The predicted molar refractivity (Wildman–Crippen MR) is 133 cm³/mol. The highest BCUT2D eigenvalue weighted by Crippen LogP contribution is 2.25. The number of fused-ring (bicyclic) bond motifs is 1. The average molecular weight is 507 g/mol. The molecule has 2 heterocycles. The van der Waals surface area contributed by atoms with Crippen molar-refractivity contribution in [3.8, 4) is 0 Å². The molecule has 0 N–H and O–H groups in total. The number of benzene rings is 2. The van der Waals surface area contributed by atoms with Gasteiger partial charge < -0.3 is 4.57 Å². The molecule has 1 aliphatic rings. The van der Waals surface area contributed by atoms with E-state index in [0.717, 1.165) is 47.9 Å². The molecule has 0 spiro atoms. The lowest BCUT2D eigenvalue weighted by atomic mass is 10.1. The summed E-state index contributed by atoms with van der Waals surface area (Å²) in [6.07, 6.45) is 5.12. The van der Waals surface area contributed by atoms with Gasteiger partial charge in [0.1, 0.15) is 6.54 Å². The number of aromatic nitrogens is 1. The number of quaternary nitrogens is 1. The van der Waals surface area contributed by atoms with Gasteiger partial charge in [-0.1, -0.05) is 23.7 Å². The Morgan fingerprint density at radius 3 is 2.61 bits per heavy atom. The Kier molecular flexibility index (Phi) is 7.38. The number of nitrogens with zero attached hydrogens (tertiary/aromatic N) is 3. The van der Waals surface area contributed by atoms with E-state index in [9.17, 15) is 13.2 Å². The zero-order chi connectivity index (χ0) is 23.5. The molecule has 0 unspecified atom stereocenters.